The Morgan fingerprint density at radius 3 is 2.91 bits per heavy atom. The van der Waals surface area contributed by atoms with Gasteiger partial charge in [-0.1, -0.05) is 17.7 Å². The van der Waals surface area contributed by atoms with E-state index in [0.717, 1.165) is 31.2 Å². The van der Waals surface area contributed by atoms with E-state index in [0.29, 0.717) is 31.4 Å². The molecule has 0 radical (unpaired) electrons. The molecule has 6 nitrogen and oxygen atoms in total. The summed E-state index contributed by atoms with van der Waals surface area (Å²) in [6, 6.07) is 4.55. The minimum Gasteiger partial charge on any atom is -0.465 e. The Balaban J connectivity index is 1.51. The van der Waals surface area contributed by atoms with E-state index >= 15 is 0 Å². The van der Waals surface area contributed by atoms with Crippen LogP contribution in [0.1, 0.15) is 39.2 Å². The van der Waals surface area contributed by atoms with Gasteiger partial charge in [0.15, 0.2) is 10.9 Å². The lowest BCUT2D eigenvalue weighted by molar-refractivity contribution is 0.0601. The Hall–Kier alpha value is -2.01. The smallest absolute Gasteiger partial charge is 0.341 e. The number of esters is 1. The Morgan fingerprint density at radius 2 is 2.16 bits per heavy atom. The van der Waals surface area contributed by atoms with E-state index in [1.165, 1.54) is 29.4 Å². The monoisotopic (exact) mass is 556 g/mol. The molecule has 168 valence electrons. The summed E-state index contributed by atoms with van der Waals surface area (Å²) in [6.45, 7) is 0.163. The third-order valence-electron chi connectivity index (χ3n) is 5.12. The molecule has 4 rings (SSSR count). The second kappa shape index (κ2) is 9.86. The maximum Gasteiger partial charge on any atom is 0.341 e. The highest BCUT2D eigenvalue weighted by Crippen LogP contribution is 2.38. The largest absolute Gasteiger partial charge is 0.465 e. The van der Waals surface area contributed by atoms with Crippen molar-refractivity contribution in [1.29, 1.82) is 0 Å². The molecule has 0 amide bonds. The number of benzene rings is 1. The summed E-state index contributed by atoms with van der Waals surface area (Å²) in [5.41, 5.74) is 1.95. The van der Waals surface area contributed by atoms with Crippen LogP contribution < -0.4 is 10.6 Å². The fourth-order valence-corrected chi connectivity index (χ4v) is 5.80. The van der Waals surface area contributed by atoms with Gasteiger partial charge in [0.05, 0.1) is 23.7 Å². The van der Waals surface area contributed by atoms with Gasteiger partial charge in [0.25, 0.3) is 0 Å². The number of hydrogen-bond donors (Lipinski definition) is 2. The molecule has 2 N–H and O–H groups in total. The summed E-state index contributed by atoms with van der Waals surface area (Å²) in [4.78, 5) is 13.6. The third kappa shape index (κ3) is 4.83. The van der Waals surface area contributed by atoms with E-state index in [4.69, 9.17) is 28.6 Å². The summed E-state index contributed by atoms with van der Waals surface area (Å²) in [5, 5.41) is 11.9. The van der Waals surface area contributed by atoms with Crippen LogP contribution in [0, 0.1) is 5.82 Å². The number of thiocarbonyl (C=S) groups is 1. The Morgan fingerprint density at radius 1 is 1.38 bits per heavy atom. The van der Waals surface area contributed by atoms with Gasteiger partial charge in [0.1, 0.15) is 10.8 Å². The predicted octanol–water partition coefficient (Wildman–Crippen LogP) is 6.02. The average molecular weight is 558 g/mol. The number of methoxy groups -OCH3 is 1. The molecular formula is C21H19BrClFN4O2S2. The van der Waals surface area contributed by atoms with Gasteiger partial charge in [-0.25, -0.2) is 9.18 Å². The fourth-order valence-electron chi connectivity index (χ4n) is 3.62. The number of carbonyl (C=O) groups is 1. The molecule has 1 aromatic carbocycles. The number of carbonyl (C=O) groups excluding carboxylic acids is 1. The summed E-state index contributed by atoms with van der Waals surface area (Å²) in [5.74, 6) is -0.314. The van der Waals surface area contributed by atoms with Crippen molar-refractivity contribution in [3.63, 3.8) is 0 Å². The van der Waals surface area contributed by atoms with Crippen LogP contribution in [0.5, 0.6) is 0 Å². The molecule has 32 heavy (non-hydrogen) atoms. The molecule has 11 heteroatoms. The summed E-state index contributed by atoms with van der Waals surface area (Å²) < 4.78 is 21.3. The first-order valence-corrected chi connectivity index (χ1v) is 12.2. The second-order valence-corrected chi connectivity index (χ2v) is 9.98. The standard InChI is InChI=1S/C21H19BrClFN4O2S2/c1-30-20(29)17-11-5-2-3-8-16(11)32-19(17)26-21(31)25-18-13(22)10-28(27-18)9-12-14(23)6-4-7-15(12)24/h4,6-7,10H,2-3,5,8-9H2,1H3,(H2,25,26,27,31). The van der Waals surface area contributed by atoms with Crippen LogP contribution in [-0.2, 0) is 24.1 Å². The molecule has 3 aromatic rings. The van der Waals surface area contributed by atoms with Gasteiger partial charge in [-0.15, -0.1) is 11.3 Å². The maximum absolute atomic E-state index is 14.1. The first-order chi connectivity index (χ1) is 15.4. The van der Waals surface area contributed by atoms with Gasteiger partial charge in [0.2, 0.25) is 0 Å². The van der Waals surface area contributed by atoms with Gasteiger partial charge in [-0.05, 0) is 71.5 Å². The van der Waals surface area contributed by atoms with Crippen LogP contribution >= 0.6 is 51.1 Å². The van der Waals surface area contributed by atoms with Crippen molar-refractivity contribution < 1.29 is 13.9 Å². The highest BCUT2D eigenvalue weighted by molar-refractivity contribution is 9.10. The minimum atomic E-state index is -0.396. The van der Waals surface area contributed by atoms with Crippen molar-refractivity contribution >= 4 is 73.0 Å². The van der Waals surface area contributed by atoms with Gasteiger partial charge in [-0.2, -0.15) is 5.10 Å². The summed E-state index contributed by atoms with van der Waals surface area (Å²) >= 11 is 16.6. The number of hydrogen-bond acceptors (Lipinski definition) is 5. The maximum atomic E-state index is 14.1. The van der Waals surface area contributed by atoms with Crippen LogP contribution in [0.3, 0.4) is 0 Å². The number of aryl methyl sites for hydroxylation is 1. The zero-order valence-electron chi connectivity index (χ0n) is 17.0. The lowest BCUT2D eigenvalue weighted by Crippen LogP contribution is -2.21. The molecule has 2 aromatic heterocycles. The van der Waals surface area contributed by atoms with E-state index < -0.39 is 5.82 Å². The van der Waals surface area contributed by atoms with E-state index in [1.807, 2.05) is 0 Å². The fraction of sp³-hybridized carbons (Fsp3) is 0.286. The zero-order chi connectivity index (χ0) is 22.8. The van der Waals surface area contributed by atoms with E-state index in [1.54, 1.807) is 23.0 Å². The lowest BCUT2D eigenvalue weighted by atomic mass is 9.95. The topological polar surface area (TPSA) is 68.2 Å². The molecule has 1 aliphatic carbocycles. The number of nitrogens with zero attached hydrogens (tertiary/aromatic N) is 2. The first-order valence-electron chi connectivity index (χ1n) is 9.84. The predicted molar refractivity (Wildman–Crippen MR) is 133 cm³/mol. The molecule has 0 spiro atoms. The van der Waals surface area contributed by atoms with Crippen LogP contribution in [0.15, 0.2) is 28.9 Å². The summed E-state index contributed by atoms with van der Waals surface area (Å²) in [6.07, 6.45) is 5.66. The number of aromatic nitrogens is 2. The van der Waals surface area contributed by atoms with Crippen LogP contribution in [0.25, 0.3) is 0 Å². The highest BCUT2D eigenvalue weighted by atomic mass is 79.9. The second-order valence-electron chi connectivity index (χ2n) is 7.21. The minimum absolute atomic E-state index is 0.163. The lowest BCUT2D eigenvalue weighted by Gasteiger charge is -2.12. The van der Waals surface area contributed by atoms with Crippen LogP contribution in [0.2, 0.25) is 5.02 Å². The number of ether oxygens (including phenoxy) is 1. The molecule has 0 saturated carbocycles. The first kappa shape index (κ1) is 23.2. The zero-order valence-corrected chi connectivity index (χ0v) is 21.0. The average Bonchev–Trinajstić information content (AvgIpc) is 3.29. The number of fused-ring (bicyclic) bond motifs is 1. The van der Waals surface area contributed by atoms with Gasteiger partial charge in [0, 0.05) is 21.7 Å². The molecule has 0 bridgehead atoms. The number of rotatable bonds is 5. The van der Waals surface area contributed by atoms with Crippen LogP contribution in [-0.4, -0.2) is 28.0 Å². The quantitative estimate of drug-likeness (QED) is 0.295. The highest BCUT2D eigenvalue weighted by Gasteiger charge is 2.26. The molecular weight excluding hydrogens is 539 g/mol. The molecule has 0 fully saturated rings. The Kier molecular flexibility index (Phi) is 7.14. The van der Waals surface area contributed by atoms with Gasteiger partial charge >= 0.3 is 5.97 Å². The summed E-state index contributed by atoms with van der Waals surface area (Å²) in [7, 11) is 1.38. The van der Waals surface area contributed by atoms with Crippen LogP contribution in [0.4, 0.5) is 15.2 Å². The third-order valence-corrected chi connectivity index (χ3v) is 7.46. The van der Waals surface area contributed by atoms with Gasteiger partial charge in [-0.3, -0.25) is 4.68 Å². The van der Waals surface area contributed by atoms with Crippen molar-refractivity contribution in [3.05, 3.63) is 61.3 Å². The Labute approximate surface area is 207 Å². The van der Waals surface area contributed by atoms with Crippen molar-refractivity contribution in [2.24, 2.45) is 0 Å². The van der Waals surface area contributed by atoms with Crippen molar-refractivity contribution in [2.45, 2.75) is 32.2 Å². The van der Waals surface area contributed by atoms with Crippen molar-refractivity contribution in [2.75, 3.05) is 17.7 Å². The molecule has 0 saturated heterocycles. The SMILES string of the molecule is COC(=O)c1c(NC(=S)Nc2nn(Cc3c(F)cccc3Cl)cc2Br)sc2c1CCCC2. The van der Waals surface area contributed by atoms with Gasteiger partial charge < -0.3 is 15.4 Å². The number of halogens is 3. The molecule has 0 atom stereocenters. The van der Waals surface area contributed by atoms with E-state index in [-0.39, 0.29) is 17.6 Å². The number of anilines is 2. The van der Waals surface area contributed by atoms with E-state index in [9.17, 15) is 9.18 Å². The number of thiophene rings is 1. The van der Waals surface area contributed by atoms with E-state index in [2.05, 4.69) is 31.7 Å². The normalized spacial score (nSPS) is 12.9. The Bertz CT molecular complexity index is 1180. The molecule has 2 heterocycles. The molecule has 1 aliphatic rings. The molecule has 0 unspecified atom stereocenters. The number of nitrogens with one attached hydrogen (secondary N) is 2. The van der Waals surface area contributed by atoms with Crippen molar-refractivity contribution in [3.8, 4) is 0 Å². The van der Waals surface area contributed by atoms with Crippen molar-refractivity contribution in [1.82, 2.24) is 9.78 Å². The molecule has 0 aliphatic heterocycles.